The van der Waals surface area contributed by atoms with Gasteiger partial charge in [0.05, 0.1) is 22.8 Å². The van der Waals surface area contributed by atoms with Gasteiger partial charge < -0.3 is 10.2 Å². The molecule has 1 fully saturated rings. The van der Waals surface area contributed by atoms with Crippen molar-refractivity contribution in [2.45, 2.75) is 24.9 Å². The first-order valence-electron chi connectivity index (χ1n) is 12.0. The van der Waals surface area contributed by atoms with E-state index in [1.54, 1.807) is 21.8 Å². The Morgan fingerprint density at radius 3 is 2.27 bits per heavy atom. The second-order valence-electron chi connectivity index (χ2n) is 9.22. The van der Waals surface area contributed by atoms with E-state index >= 15 is 0 Å². The SMILES string of the molecule is Cn1ncc2c(C(=O)Nc3ccc(C4CCN(C(=O)c5ccc(C(F)(F)F)cc5)CC4)cc3)cccc21. The monoisotopic (exact) mass is 506 g/mol. The van der Waals surface area contributed by atoms with Crippen LogP contribution in [0.3, 0.4) is 0 Å². The molecule has 2 heterocycles. The normalized spacial score (nSPS) is 14.6. The minimum atomic E-state index is -4.42. The highest BCUT2D eigenvalue weighted by Crippen LogP contribution is 2.31. The number of carbonyl (C=O) groups is 2. The molecule has 1 aromatic heterocycles. The third-order valence-corrected chi connectivity index (χ3v) is 6.92. The third kappa shape index (κ3) is 5.07. The minimum absolute atomic E-state index is 0.207. The highest BCUT2D eigenvalue weighted by atomic mass is 19.4. The molecule has 0 radical (unpaired) electrons. The highest BCUT2D eigenvalue weighted by molar-refractivity contribution is 6.12. The summed E-state index contributed by atoms with van der Waals surface area (Å²) >= 11 is 0. The van der Waals surface area contributed by atoms with Gasteiger partial charge in [-0.15, -0.1) is 0 Å². The second kappa shape index (κ2) is 9.72. The summed E-state index contributed by atoms with van der Waals surface area (Å²) in [5.41, 5.74) is 2.73. The molecule has 1 aliphatic rings. The summed E-state index contributed by atoms with van der Waals surface area (Å²) in [6.45, 7) is 1.05. The van der Waals surface area contributed by atoms with Crippen molar-refractivity contribution in [1.82, 2.24) is 14.7 Å². The highest BCUT2D eigenvalue weighted by Gasteiger charge is 2.31. The number of carbonyl (C=O) groups excluding carboxylic acids is 2. The Hall–Kier alpha value is -4.14. The predicted octanol–water partition coefficient (Wildman–Crippen LogP) is 5.86. The molecule has 6 nitrogen and oxygen atoms in total. The van der Waals surface area contributed by atoms with Crippen LogP contribution in [0.2, 0.25) is 0 Å². The maximum atomic E-state index is 12.9. The number of fused-ring (bicyclic) bond motifs is 1. The molecule has 190 valence electrons. The summed E-state index contributed by atoms with van der Waals surface area (Å²) in [5, 5.41) is 7.96. The van der Waals surface area contributed by atoms with Gasteiger partial charge in [-0.25, -0.2) is 0 Å². The molecule has 3 aromatic carbocycles. The summed E-state index contributed by atoms with van der Waals surface area (Å²) in [6.07, 6.45) is -1.24. The molecule has 1 saturated heterocycles. The summed E-state index contributed by atoms with van der Waals surface area (Å²) < 4.78 is 40.1. The Kier molecular flexibility index (Phi) is 6.45. The van der Waals surface area contributed by atoms with Crippen molar-refractivity contribution in [2.24, 2.45) is 7.05 Å². The Bertz CT molecular complexity index is 1440. The maximum Gasteiger partial charge on any atom is 0.416 e. The zero-order chi connectivity index (χ0) is 26.2. The number of hydrogen-bond donors (Lipinski definition) is 1. The fourth-order valence-corrected chi connectivity index (χ4v) is 4.81. The molecular weight excluding hydrogens is 481 g/mol. The van der Waals surface area contributed by atoms with Crippen LogP contribution in [0.5, 0.6) is 0 Å². The van der Waals surface area contributed by atoms with Gasteiger partial charge >= 0.3 is 6.18 Å². The van der Waals surface area contributed by atoms with E-state index in [-0.39, 0.29) is 23.3 Å². The van der Waals surface area contributed by atoms with Crippen LogP contribution in [0.4, 0.5) is 18.9 Å². The van der Waals surface area contributed by atoms with Crippen LogP contribution in [-0.4, -0.2) is 39.6 Å². The largest absolute Gasteiger partial charge is 0.416 e. The van der Waals surface area contributed by atoms with Gasteiger partial charge in [0.2, 0.25) is 0 Å². The van der Waals surface area contributed by atoms with Crippen molar-refractivity contribution < 1.29 is 22.8 Å². The molecular formula is C28H25F3N4O2. The van der Waals surface area contributed by atoms with Crippen molar-refractivity contribution in [3.05, 3.63) is 95.2 Å². The van der Waals surface area contributed by atoms with E-state index in [4.69, 9.17) is 0 Å². The van der Waals surface area contributed by atoms with Crippen molar-refractivity contribution >= 4 is 28.4 Å². The van der Waals surface area contributed by atoms with Gasteiger partial charge in [-0.1, -0.05) is 18.2 Å². The molecule has 9 heteroatoms. The van der Waals surface area contributed by atoms with E-state index in [2.05, 4.69) is 10.4 Å². The van der Waals surface area contributed by atoms with Crippen LogP contribution < -0.4 is 5.32 Å². The molecule has 0 saturated carbocycles. The van der Waals surface area contributed by atoms with Gasteiger partial charge in [-0.3, -0.25) is 14.3 Å². The van der Waals surface area contributed by atoms with E-state index in [1.807, 2.05) is 43.4 Å². The first-order valence-corrected chi connectivity index (χ1v) is 12.0. The number of halogens is 3. The number of piperidine rings is 1. The van der Waals surface area contributed by atoms with Crippen molar-refractivity contribution in [2.75, 3.05) is 18.4 Å². The van der Waals surface area contributed by atoms with Gasteiger partial charge in [0.25, 0.3) is 11.8 Å². The van der Waals surface area contributed by atoms with E-state index < -0.39 is 11.7 Å². The molecule has 0 spiro atoms. The van der Waals surface area contributed by atoms with E-state index in [0.717, 1.165) is 41.4 Å². The maximum absolute atomic E-state index is 12.9. The molecule has 4 aromatic rings. The molecule has 0 atom stereocenters. The number of hydrogen-bond acceptors (Lipinski definition) is 3. The van der Waals surface area contributed by atoms with Crippen LogP contribution >= 0.6 is 0 Å². The number of rotatable bonds is 4. The smallest absolute Gasteiger partial charge is 0.339 e. The number of alkyl halides is 3. The van der Waals surface area contributed by atoms with Crippen LogP contribution in [-0.2, 0) is 13.2 Å². The molecule has 0 unspecified atom stereocenters. The average Bonchev–Trinajstić information content (AvgIpc) is 3.29. The first-order chi connectivity index (χ1) is 17.7. The van der Waals surface area contributed by atoms with Crippen molar-refractivity contribution in [3.8, 4) is 0 Å². The number of amides is 2. The number of benzene rings is 3. The fourth-order valence-electron chi connectivity index (χ4n) is 4.81. The molecule has 0 aliphatic carbocycles. The van der Waals surface area contributed by atoms with E-state index in [9.17, 15) is 22.8 Å². The Morgan fingerprint density at radius 1 is 0.946 bits per heavy atom. The van der Waals surface area contributed by atoms with Crippen LogP contribution in [0.25, 0.3) is 10.9 Å². The van der Waals surface area contributed by atoms with Gasteiger partial charge in [0.15, 0.2) is 0 Å². The van der Waals surface area contributed by atoms with E-state index in [1.165, 1.54) is 12.1 Å². The number of nitrogens with zero attached hydrogens (tertiary/aromatic N) is 3. The number of aromatic nitrogens is 2. The van der Waals surface area contributed by atoms with Crippen molar-refractivity contribution in [3.63, 3.8) is 0 Å². The molecule has 5 rings (SSSR count). The van der Waals surface area contributed by atoms with Crippen LogP contribution in [0.1, 0.15) is 50.6 Å². The quantitative estimate of drug-likeness (QED) is 0.377. The number of likely N-dealkylation sites (tertiary alicyclic amines) is 1. The summed E-state index contributed by atoms with van der Waals surface area (Å²) in [5.74, 6) is -0.208. The lowest BCUT2D eigenvalue weighted by Crippen LogP contribution is -2.37. The average molecular weight is 507 g/mol. The Morgan fingerprint density at radius 2 is 1.62 bits per heavy atom. The summed E-state index contributed by atoms with van der Waals surface area (Å²) in [7, 11) is 1.83. The number of aryl methyl sites for hydroxylation is 1. The minimum Gasteiger partial charge on any atom is -0.339 e. The lowest BCUT2D eigenvalue weighted by Gasteiger charge is -2.32. The lowest BCUT2D eigenvalue weighted by atomic mass is 9.89. The van der Waals surface area contributed by atoms with Gasteiger partial charge in [0.1, 0.15) is 0 Å². The Labute approximate surface area is 211 Å². The standard InChI is InChI=1S/C28H25F3N4O2/c1-34-25-4-2-3-23(24(25)17-32-34)26(36)33-22-11-7-18(8-12-22)19-13-15-35(16-14-19)27(37)20-5-9-21(10-6-20)28(29,30)31/h2-12,17,19H,13-16H2,1H3,(H,33,36). The Balaban J connectivity index is 1.18. The predicted molar refractivity (Wildman–Crippen MR) is 134 cm³/mol. The lowest BCUT2D eigenvalue weighted by molar-refractivity contribution is -0.137. The molecule has 0 bridgehead atoms. The van der Waals surface area contributed by atoms with Crippen LogP contribution in [0, 0.1) is 0 Å². The third-order valence-electron chi connectivity index (χ3n) is 6.92. The summed E-state index contributed by atoms with van der Waals surface area (Å²) in [6, 6.07) is 17.6. The molecule has 2 amide bonds. The van der Waals surface area contributed by atoms with Gasteiger partial charge in [0, 0.05) is 36.8 Å². The molecule has 1 N–H and O–H groups in total. The zero-order valence-corrected chi connectivity index (χ0v) is 20.1. The first kappa shape index (κ1) is 24.5. The number of nitrogens with one attached hydrogen (secondary N) is 1. The number of anilines is 1. The van der Waals surface area contributed by atoms with Gasteiger partial charge in [-0.05, 0) is 72.9 Å². The van der Waals surface area contributed by atoms with Crippen LogP contribution in [0.15, 0.2) is 72.9 Å². The summed E-state index contributed by atoms with van der Waals surface area (Å²) in [4.78, 5) is 27.3. The molecule has 37 heavy (non-hydrogen) atoms. The zero-order valence-electron chi connectivity index (χ0n) is 20.1. The van der Waals surface area contributed by atoms with E-state index in [0.29, 0.717) is 24.3 Å². The van der Waals surface area contributed by atoms with Crippen molar-refractivity contribution in [1.29, 1.82) is 0 Å². The molecule has 1 aliphatic heterocycles. The fraction of sp³-hybridized carbons (Fsp3) is 0.250. The van der Waals surface area contributed by atoms with Gasteiger partial charge in [-0.2, -0.15) is 18.3 Å². The topological polar surface area (TPSA) is 67.2 Å². The second-order valence-corrected chi connectivity index (χ2v) is 9.22.